The highest BCUT2D eigenvalue weighted by Gasteiger charge is 2.32. The molecule has 10 heteroatoms. The molecule has 1 atom stereocenters. The van der Waals surface area contributed by atoms with Crippen molar-refractivity contribution in [2.24, 2.45) is 12.5 Å². The van der Waals surface area contributed by atoms with Gasteiger partial charge in [-0.2, -0.15) is 4.31 Å². The van der Waals surface area contributed by atoms with E-state index >= 15 is 0 Å². The Morgan fingerprint density at radius 3 is 2.74 bits per heavy atom. The molecule has 3 aromatic heterocycles. The number of hydrogen-bond acceptors (Lipinski definition) is 6. The van der Waals surface area contributed by atoms with E-state index in [-0.39, 0.29) is 17.0 Å². The Hall–Kier alpha value is -2.56. The number of rotatable bonds is 4. The van der Waals surface area contributed by atoms with Crippen molar-refractivity contribution in [2.75, 3.05) is 13.1 Å². The highest BCUT2D eigenvalue weighted by Crippen LogP contribution is 2.32. The molecule has 1 fully saturated rings. The zero-order valence-electron chi connectivity index (χ0n) is 19.9. The zero-order valence-corrected chi connectivity index (χ0v) is 21.5. The predicted octanol–water partition coefficient (Wildman–Crippen LogP) is 3.96. The lowest BCUT2D eigenvalue weighted by Gasteiger charge is -2.31. The predicted molar refractivity (Wildman–Crippen MR) is 135 cm³/mol. The monoisotopic (exact) mass is 499 g/mol. The van der Waals surface area contributed by atoms with Gasteiger partial charge in [0.1, 0.15) is 0 Å². The third-order valence-electron chi connectivity index (χ3n) is 6.38. The Labute approximate surface area is 202 Å². The molecule has 1 aliphatic heterocycles. The fourth-order valence-corrected chi connectivity index (χ4v) is 7.03. The number of fused-ring (bicyclic) bond motifs is 2. The normalized spacial score (nSPS) is 18.2. The fraction of sp³-hybridized carbons (Fsp3) is 0.458. The number of aromatic nitrogens is 4. The number of aryl methyl sites for hydroxylation is 1. The molecule has 0 radical (unpaired) electrons. The molecular weight excluding hydrogens is 470 g/mol. The van der Waals surface area contributed by atoms with Crippen LogP contribution in [0.3, 0.4) is 0 Å². The van der Waals surface area contributed by atoms with Gasteiger partial charge < -0.3 is 0 Å². The summed E-state index contributed by atoms with van der Waals surface area (Å²) in [6, 6.07) is 9.02. The van der Waals surface area contributed by atoms with E-state index in [9.17, 15) is 13.2 Å². The summed E-state index contributed by atoms with van der Waals surface area (Å²) in [6.45, 7) is 7.77. The van der Waals surface area contributed by atoms with Gasteiger partial charge >= 0.3 is 5.69 Å². The van der Waals surface area contributed by atoms with Crippen molar-refractivity contribution in [3.8, 4) is 0 Å². The van der Waals surface area contributed by atoms with Crippen molar-refractivity contribution >= 4 is 42.7 Å². The summed E-state index contributed by atoms with van der Waals surface area (Å²) in [5.41, 5.74) is 4.68. The van der Waals surface area contributed by atoms with Crippen LogP contribution >= 0.6 is 11.3 Å². The molecule has 0 N–H and O–H groups in total. The van der Waals surface area contributed by atoms with E-state index in [1.54, 1.807) is 44.2 Å². The van der Waals surface area contributed by atoms with Gasteiger partial charge in [0, 0.05) is 38.3 Å². The molecule has 1 aliphatic rings. The summed E-state index contributed by atoms with van der Waals surface area (Å²) < 4.78 is 32.6. The smallest absolute Gasteiger partial charge is 0.290 e. The van der Waals surface area contributed by atoms with Gasteiger partial charge in [0.05, 0.1) is 26.1 Å². The zero-order chi connectivity index (χ0) is 24.3. The average Bonchev–Trinajstić information content (AvgIpc) is 3.36. The number of nitrogens with zero attached hydrogens (tertiary/aromatic N) is 5. The maximum Gasteiger partial charge on any atom is 0.330 e. The van der Waals surface area contributed by atoms with Crippen molar-refractivity contribution in [1.82, 2.24) is 23.4 Å². The van der Waals surface area contributed by atoms with Crippen molar-refractivity contribution in [3.05, 3.63) is 52.0 Å². The van der Waals surface area contributed by atoms with E-state index in [1.807, 2.05) is 12.1 Å². The number of piperidine rings is 1. The van der Waals surface area contributed by atoms with E-state index in [0.717, 1.165) is 34.3 Å². The van der Waals surface area contributed by atoms with Crippen LogP contribution in [-0.2, 0) is 23.6 Å². The number of thiazole rings is 1. The number of hydrogen-bond donors (Lipinski definition) is 0. The molecule has 4 aromatic rings. The lowest BCUT2D eigenvalue weighted by Crippen LogP contribution is -2.39. The van der Waals surface area contributed by atoms with Crippen LogP contribution in [0.4, 0.5) is 0 Å². The fourth-order valence-electron chi connectivity index (χ4n) is 4.69. The molecular formula is C24H29N5O3S2. The van der Waals surface area contributed by atoms with Crippen LogP contribution in [0.1, 0.15) is 45.2 Å². The van der Waals surface area contributed by atoms with Crippen molar-refractivity contribution in [2.45, 2.75) is 51.0 Å². The van der Waals surface area contributed by atoms with E-state index < -0.39 is 10.0 Å². The lowest BCUT2D eigenvalue weighted by molar-refractivity contribution is 0.313. The van der Waals surface area contributed by atoms with Gasteiger partial charge in [-0.3, -0.25) is 9.13 Å². The molecule has 8 nitrogen and oxygen atoms in total. The number of sulfonamides is 1. The summed E-state index contributed by atoms with van der Waals surface area (Å²) in [7, 11) is -1.88. The molecule has 180 valence electrons. The first-order valence-electron chi connectivity index (χ1n) is 11.4. The number of imidazole rings is 1. The molecule has 0 spiro atoms. The van der Waals surface area contributed by atoms with Gasteiger partial charge in [-0.15, -0.1) is 11.3 Å². The van der Waals surface area contributed by atoms with Crippen LogP contribution in [0.2, 0.25) is 0 Å². The van der Waals surface area contributed by atoms with Crippen molar-refractivity contribution < 1.29 is 8.42 Å². The summed E-state index contributed by atoms with van der Waals surface area (Å²) in [6.07, 6.45) is 1.62. The van der Waals surface area contributed by atoms with Crippen LogP contribution < -0.4 is 5.69 Å². The van der Waals surface area contributed by atoms with E-state index in [1.165, 1.54) is 11.3 Å². The summed E-state index contributed by atoms with van der Waals surface area (Å²) in [5.74, 6) is -0.0267. The molecule has 34 heavy (non-hydrogen) atoms. The summed E-state index contributed by atoms with van der Waals surface area (Å²) in [4.78, 5) is 22.3. The van der Waals surface area contributed by atoms with Gasteiger partial charge in [0.2, 0.25) is 10.0 Å². The van der Waals surface area contributed by atoms with Gasteiger partial charge in [0.25, 0.3) is 0 Å². The molecule has 4 heterocycles. The second kappa shape index (κ2) is 8.28. The summed E-state index contributed by atoms with van der Waals surface area (Å²) >= 11 is 1.44. The Morgan fingerprint density at radius 2 is 1.97 bits per heavy atom. The van der Waals surface area contributed by atoms with Crippen LogP contribution in [-0.4, -0.2) is 44.9 Å². The molecule has 1 unspecified atom stereocenters. The molecule has 0 saturated carbocycles. The molecule has 0 bridgehead atoms. The minimum absolute atomic E-state index is 0.0267. The van der Waals surface area contributed by atoms with Crippen LogP contribution in [0, 0.1) is 5.41 Å². The maximum atomic E-state index is 13.4. The minimum Gasteiger partial charge on any atom is -0.290 e. The quantitative estimate of drug-likeness (QED) is 0.424. The maximum absolute atomic E-state index is 13.4. The molecule has 5 rings (SSSR count). The third-order valence-corrected chi connectivity index (χ3v) is 9.03. The highest BCUT2D eigenvalue weighted by atomic mass is 32.2. The van der Waals surface area contributed by atoms with Gasteiger partial charge in [0.15, 0.2) is 5.65 Å². The van der Waals surface area contributed by atoms with Gasteiger partial charge in [-0.1, -0.05) is 20.8 Å². The number of pyridine rings is 1. The average molecular weight is 500 g/mol. The Kier molecular flexibility index (Phi) is 5.65. The van der Waals surface area contributed by atoms with E-state index in [2.05, 4.69) is 25.8 Å². The molecule has 1 aromatic carbocycles. The largest absolute Gasteiger partial charge is 0.330 e. The standard InChI is InChI=1S/C24H29N5O3S2/c1-24(2,3)14-29-20-10-9-18(26-22(20)27(4)23(29)30)16-6-5-11-28(13-16)34(31,32)17-7-8-19-21(12-17)33-15-25-19/h7-10,12,15-16H,5-6,11,13-14H2,1-4H3. The molecule has 0 amide bonds. The van der Waals surface area contributed by atoms with Crippen molar-refractivity contribution in [3.63, 3.8) is 0 Å². The van der Waals surface area contributed by atoms with Crippen LogP contribution in [0.15, 0.2) is 45.5 Å². The van der Waals surface area contributed by atoms with Gasteiger partial charge in [-0.25, -0.2) is 23.2 Å². The lowest BCUT2D eigenvalue weighted by atomic mass is 9.95. The van der Waals surface area contributed by atoms with Crippen LogP contribution in [0.25, 0.3) is 21.4 Å². The van der Waals surface area contributed by atoms with E-state index in [0.29, 0.717) is 30.2 Å². The first kappa shape index (κ1) is 23.2. The Morgan fingerprint density at radius 1 is 1.18 bits per heavy atom. The SMILES string of the molecule is Cn1c(=O)n(CC(C)(C)C)c2ccc(C3CCCN(S(=O)(=O)c4ccc5ncsc5c4)C3)nc21. The van der Waals surface area contributed by atoms with Gasteiger partial charge in [-0.05, 0) is 48.6 Å². The summed E-state index contributed by atoms with van der Waals surface area (Å²) in [5, 5.41) is 0. The Bertz CT molecular complexity index is 1540. The first-order valence-corrected chi connectivity index (χ1v) is 13.8. The third kappa shape index (κ3) is 4.08. The topological polar surface area (TPSA) is 90.1 Å². The first-order chi connectivity index (χ1) is 16.0. The minimum atomic E-state index is -3.62. The molecule has 1 saturated heterocycles. The second-order valence-corrected chi connectivity index (χ2v) is 13.1. The van der Waals surface area contributed by atoms with Crippen molar-refractivity contribution in [1.29, 1.82) is 0 Å². The van der Waals surface area contributed by atoms with E-state index in [4.69, 9.17) is 4.98 Å². The van der Waals surface area contributed by atoms with Crippen LogP contribution in [0.5, 0.6) is 0 Å². The number of benzene rings is 1. The second-order valence-electron chi connectivity index (χ2n) is 10.3. The Balaban J connectivity index is 1.45. The highest BCUT2D eigenvalue weighted by molar-refractivity contribution is 7.89. The molecule has 0 aliphatic carbocycles.